The van der Waals surface area contributed by atoms with Crippen molar-refractivity contribution in [2.75, 3.05) is 11.9 Å². The van der Waals surface area contributed by atoms with Gasteiger partial charge in [-0.25, -0.2) is 13.6 Å². The van der Waals surface area contributed by atoms with Crippen molar-refractivity contribution < 1.29 is 18.0 Å². The van der Waals surface area contributed by atoms with Gasteiger partial charge in [-0.05, 0) is 12.1 Å². The minimum absolute atomic E-state index is 0.0117. The molecule has 0 atom stereocenters. The predicted octanol–water partition coefficient (Wildman–Crippen LogP) is -0.661. The van der Waals surface area contributed by atoms with E-state index in [4.69, 9.17) is 5.14 Å². The summed E-state index contributed by atoms with van der Waals surface area (Å²) in [6.45, 7) is 0.0976. The van der Waals surface area contributed by atoms with Crippen molar-refractivity contribution in [2.45, 2.75) is 10.8 Å². The SMILES string of the molecule is NS(=O)(=O)c1nnc(NC(=O)CCNC(=O)c2cccnc2)s1. The van der Waals surface area contributed by atoms with Crippen LogP contribution in [0.5, 0.6) is 0 Å². The van der Waals surface area contributed by atoms with Crippen molar-refractivity contribution in [3.8, 4) is 0 Å². The van der Waals surface area contributed by atoms with Crippen LogP contribution in [-0.2, 0) is 14.8 Å². The van der Waals surface area contributed by atoms with Crippen LogP contribution in [0.3, 0.4) is 0 Å². The average molecular weight is 356 g/mol. The second kappa shape index (κ2) is 7.21. The molecule has 0 aliphatic heterocycles. The Morgan fingerprint density at radius 2 is 2.09 bits per heavy atom. The first-order valence-corrected chi connectivity index (χ1v) is 8.57. The summed E-state index contributed by atoms with van der Waals surface area (Å²) < 4.78 is 21.7. The number of primary sulfonamides is 1. The number of rotatable bonds is 6. The lowest BCUT2D eigenvalue weighted by molar-refractivity contribution is -0.116. The van der Waals surface area contributed by atoms with Crippen LogP contribution >= 0.6 is 11.3 Å². The molecule has 0 aromatic carbocycles. The molecule has 2 aromatic rings. The first kappa shape index (κ1) is 16.9. The average Bonchev–Trinajstić information content (AvgIpc) is 2.96. The van der Waals surface area contributed by atoms with E-state index in [1.807, 2.05) is 0 Å². The Labute approximate surface area is 135 Å². The first-order valence-electron chi connectivity index (χ1n) is 6.20. The van der Waals surface area contributed by atoms with Gasteiger partial charge in [0.1, 0.15) is 0 Å². The summed E-state index contributed by atoms with van der Waals surface area (Å²) in [5.74, 6) is -0.799. The number of nitrogens with two attached hydrogens (primary N) is 1. The normalized spacial score (nSPS) is 11.0. The van der Waals surface area contributed by atoms with Crippen molar-refractivity contribution in [3.05, 3.63) is 30.1 Å². The van der Waals surface area contributed by atoms with Gasteiger partial charge in [0.25, 0.3) is 15.9 Å². The third kappa shape index (κ3) is 5.05. The van der Waals surface area contributed by atoms with Gasteiger partial charge in [-0.3, -0.25) is 14.6 Å². The van der Waals surface area contributed by atoms with Gasteiger partial charge in [0.15, 0.2) is 0 Å². The second-order valence-corrected chi connectivity index (χ2v) is 6.93. The van der Waals surface area contributed by atoms with E-state index in [0.29, 0.717) is 16.9 Å². The Morgan fingerprint density at radius 3 is 2.70 bits per heavy atom. The molecule has 23 heavy (non-hydrogen) atoms. The van der Waals surface area contributed by atoms with Crippen molar-refractivity contribution in [2.24, 2.45) is 5.14 Å². The molecule has 2 amide bonds. The van der Waals surface area contributed by atoms with Crippen LogP contribution in [0.25, 0.3) is 0 Å². The minimum Gasteiger partial charge on any atom is -0.351 e. The number of carbonyl (C=O) groups excluding carboxylic acids is 2. The van der Waals surface area contributed by atoms with E-state index >= 15 is 0 Å². The van der Waals surface area contributed by atoms with Gasteiger partial charge in [0, 0.05) is 25.4 Å². The Hall–Kier alpha value is -2.44. The van der Waals surface area contributed by atoms with E-state index < -0.39 is 20.3 Å². The topological polar surface area (TPSA) is 157 Å². The van der Waals surface area contributed by atoms with Crippen molar-refractivity contribution in [1.29, 1.82) is 0 Å². The van der Waals surface area contributed by atoms with Crippen LogP contribution in [-0.4, -0.2) is 42.0 Å². The maximum Gasteiger partial charge on any atom is 0.267 e. The zero-order valence-corrected chi connectivity index (χ0v) is 13.2. The molecule has 122 valence electrons. The number of pyridine rings is 1. The number of nitrogens with zero attached hydrogens (tertiary/aromatic N) is 3. The minimum atomic E-state index is -3.95. The lowest BCUT2D eigenvalue weighted by Crippen LogP contribution is -2.27. The number of anilines is 1. The third-order valence-electron chi connectivity index (χ3n) is 2.46. The Balaban J connectivity index is 1.79. The van der Waals surface area contributed by atoms with Gasteiger partial charge in [0.2, 0.25) is 15.4 Å². The molecule has 0 fully saturated rings. The molecule has 2 aromatic heterocycles. The second-order valence-electron chi connectivity index (χ2n) is 4.21. The summed E-state index contributed by atoms with van der Waals surface area (Å²) in [5.41, 5.74) is 0.384. The molecular formula is C11H12N6O4S2. The molecule has 0 aliphatic rings. The van der Waals surface area contributed by atoms with Gasteiger partial charge in [-0.1, -0.05) is 11.3 Å². The highest BCUT2D eigenvalue weighted by Crippen LogP contribution is 2.18. The number of sulfonamides is 1. The molecule has 2 heterocycles. The molecule has 0 unspecified atom stereocenters. The molecule has 0 spiro atoms. The molecule has 4 N–H and O–H groups in total. The van der Waals surface area contributed by atoms with Crippen molar-refractivity contribution >= 4 is 38.3 Å². The van der Waals surface area contributed by atoms with Gasteiger partial charge in [-0.2, -0.15) is 0 Å². The molecular weight excluding hydrogens is 344 g/mol. The number of amides is 2. The summed E-state index contributed by atoms with van der Waals surface area (Å²) in [6, 6.07) is 3.22. The van der Waals surface area contributed by atoms with E-state index in [2.05, 4.69) is 25.8 Å². The zero-order valence-electron chi connectivity index (χ0n) is 11.6. The Kier molecular flexibility index (Phi) is 5.31. The number of carbonyl (C=O) groups is 2. The van der Waals surface area contributed by atoms with E-state index in [9.17, 15) is 18.0 Å². The number of hydrogen-bond donors (Lipinski definition) is 3. The highest BCUT2D eigenvalue weighted by Gasteiger charge is 2.16. The number of aromatic nitrogens is 3. The molecule has 0 saturated carbocycles. The van der Waals surface area contributed by atoms with Crippen LogP contribution in [0, 0.1) is 0 Å². The molecule has 12 heteroatoms. The largest absolute Gasteiger partial charge is 0.351 e. The van der Waals surface area contributed by atoms with E-state index in [-0.39, 0.29) is 24.0 Å². The molecule has 0 bridgehead atoms. The van der Waals surface area contributed by atoms with Crippen LogP contribution in [0.15, 0.2) is 28.9 Å². The summed E-state index contributed by atoms with van der Waals surface area (Å²) in [4.78, 5) is 27.2. The quantitative estimate of drug-likeness (QED) is 0.580. The zero-order chi connectivity index (χ0) is 16.9. The van der Waals surface area contributed by atoms with E-state index in [0.717, 1.165) is 0 Å². The summed E-state index contributed by atoms with van der Waals surface area (Å²) in [6.07, 6.45) is 2.93. The van der Waals surface area contributed by atoms with Crippen molar-refractivity contribution in [1.82, 2.24) is 20.5 Å². The maximum atomic E-state index is 11.7. The fraction of sp³-hybridized carbons (Fsp3) is 0.182. The molecule has 0 radical (unpaired) electrons. The predicted molar refractivity (Wildman–Crippen MR) is 81.1 cm³/mol. The molecule has 10 nitrogen and oxygen atoms in total. The van der Waals surface area contributed by atoms with Gasteiger partial charge < -0.3 is 10.6 Å². The Morgan fingerprint density at radius 1 is 1.30 bits per heavy atom. The molecule has 0 saturated heterocycles. The van der Waals surface area contributed by atoms with E-state index in [1.54, 1.807) is 18.3 Å². The molecule has 2 rings (SSSR count). The van der Waals surface area contributed by atoms with Crippen LogP contribution in [0.2, 0.25) is 0 Å². The third-order valence-corrected chi connectivity index (χ3v) is 4.61. The highest BCUT2D eigenvalue weighted by molar-refractivity contribution is 7.91. The monoisotopic (exact) mass is 356 g/mol. The van der Waals surface area contributed by atoms with Crippen LogP contribution in [0.4, 0.5) is 5.13 Å². The molecule has 0 aliphatic carbocycles. The summed E-state index contributed by atoms with van der Waals surface area (Å²) in [7, 11) is -3.95. The fourth-order valence-corrected chi connectivity index (χ4v) is 2.80. The van der Waals surface area contributed by atoms with Gasteiger partial charge in [-0.15, -0.1) is 10.2 Å². The van der Waals surface area contributed by atoms with E-state index in [1.165, 1.54) is 6.20 Å². The summed E-state index contributed by atoms with van der Waals surface area (Å²) >= 11 is 0.642. The van der Waals surface area contributed by atoms with Crippen LogP contribution < -0.4 is 15.8 Å². The highest BCUT2D eigenvalue weighted by atomic mass is 32.2. The lowest BCUT2D eigenvalue weighted by Gasteiger charge is -2.04. The smallest absolute Gasteiger partial charge is 0.267 e. The maximum absolute atomic E-state index is 11.7. The van der Waals surface area contributed by atoms with Crippen LogP contribution in [0.1, 0.15) is 16.8 Å². The number of nitrogens with one attached hydrogen (secondary N) is 2. The lowest BCUT2D eigenvalue weighted by atomic mass is 10.2. The first-order chi connectivity index (χ1) is 10.9. The Bertz CT molecular complexity index is 805. The summed E-state index contributed by atoms with van der Waals surface area (Å²) in [5, 5.41) is 16.7. The van der Waals surface area contributed by atoms with Gasteiger partial charge >= 0.3 is 0 Å². The number of hydrogen-bond acceptors (Lipinski definition) is 8. The fourth-order valence-electron chi connectivity index (χ4n) is 1.45. The standard InChI is InChI=1S/C11H12N6O4S2/c12-23(20,21)11-17-16-10(22-11)15-8(18)3-5-14-9(19)7-2-1-4-13-6-7/h1-2,4,6H,3,5H2,(H,14,19)(H2,12,20,21)(H,15,16,18). The van der Waals surface area contributed by atoms with Crippen molar-refractivity contribution in [3.63, 3.8) is 0 Å². The van der Waals surface area contributed by atoms with Gasteiger partial charge in [0.05, 0.1) is 5.56 Å².